The fraction of sp³-hybridized carbons (Fsp3) is 0.0909. The molecular weight excluding hydrogens is 176 g/mol. The number of aliphatic imine (C=N–C) groups is 1. The summed E-state index contributed by atoms with van der Waals surface area (Å²) in [6, 6.07) is 5.35. The summed E-state index contributed by atoms with van der Waals surface area (Å²) in [5.41, 5.74) is 7.16. The number of nitrogens with zero attached hydrogens (tertiary/aromatic N) is 1. The Balaban J connectivity index is 3.42. The maximum atomic E-state index is 11.3. The Kier molecular flexibility index (Phi) is 3.18. The summed E-state index contributed by atoms with van der Waals surface area (Å²) in [6.45, 7) is 5.15. The first-order chi connectivity index (χ1) is 6.70. The van der Waals surface area contributed by atoms with Gasteiger partial charge in [-0.25, -0.2) is 4.99 Å². The number of carbonyl (C=O) groups is 1. The predicted octanol–water partition coefficient (Wildman–Crippen LogP) is 2.15. The van der Waals surface area contributed by atoms with Crippen LogP contribution in [0.5, 0.6) is 0 Å². The second-order valence-electron chi connectivity index (χ2n) is 2.78. The van der Waals surface area contributed by atoms with Gasteiger partial charge in [0.1, 0.15) is 0 Å². The lowest BCUT2D eigenvalue weighted by Gasteiger charge is -2.04. The first kappa shape index (κ1) is 10.2. The van der Waals surface area contributed by atoms with Crippen LogP contribution in [0.25, 0.3) is 6.08 Å². The van der Waals surface area contributed by atoms with E-state index >= 15 is 0 Å². The summed E-state index contributed by atoms with van der Waals surface area (Å²) in [6.07, 6.45) is 2.82. The molecule has 1 aromatic rings. The fourth-order valence-electron chi connectivity index (χ4n) is 1.23. The van der Waals surface area contributed by atoms with E-state index in [1.807, 2.05) is 6.07 Å². The maximum absolute atomic E-state index is 11.3. The average Bonchev–Trinajstić information content (AvgIpc) is 2.18. The quantitative estimate of drug-likeness (QED) is 0.449. The molecule has 3 nitrogen and oxygen atoms in total. The van der Waals surface area contributed by atoms with Crippen molar-refractivity contribution in [3.05, 3.63) is 35.9 Å². The van der Waals surface area contributed by atoms with Gasteiger partial charge in [-0.05, 0) is 13.0 Å². The van der Waals surface area contributed by atoms with E-state index < -0.39 is 0 Å². The number of hydrogen-bond acceptors (Lipinski definition) is 2. The zero-order valence-corrected chi connectivity index (χ0v) is 8.03. The third-order valence-electron chi connectivity index (χ3n) is 1.87. The lowest BCUT2D eigenvalue weighted by atomic mass is 10.0. The molecule has 0 aliphatic carbocycles. The number of carbonyl (C=O) groups excluding carboxylic acids is 1. The lowest BCUT2D eigenvalue weighted by Crippen LogP contribution is -1.96. The number of nitrogens with two attached hydrogens (primary N) is 1. The van der Waals surface area contributed by atoms with E-state index in [1.165, 1.54) is 13.3 Å². The SMILES string of the molecule is C=Cc1cccc(C(C)=O)c1N=CN. The highest BCUT2D eigenvalue weighted by Crippen LogP contribution is 2.25. The van der Waals surface area contributed by atoms with E-state index in [0.717, 1.165) is 5.56 Å². The Hall–Kier alpha value is -1.90. The first-order valence-electron chi connectivity index (χ1n) is 4.21. The minimum atomic E-state index is -0.0331. The first-order valence-corrected chi connectivity index (χ1v) is 4.21. The second-order valence-corrected chi connectivity index (χ2v) is 2.78. The van der Waals surface area contributed by atoms with Crippen molar-refractivity contribution in [3.8, 4) is 0 Å². The van der Waals surface area contributed by atoms with E-state index in [4.69, 9.17) is 5.73 Å². The highest BCUT2D eigenvalue weighted by molar-refractivity contribution is 6.01. The molecule has 3 heteroatoms. The number of hydrogen-bond donors (Lipinski definition) is 1. The topological polar surface area (TPSA) is 55.5 Å². The smallest absolute Gasteiger partial charge is 0.161 e. The summed E-state index contributed by atoms with van der Waals surface area (Å²) >= 11 is 0. The van der Waals surface area contributed by atoms with Gasteiger partial charge in [0.25, 0.3) is 0 Å². The van der Waals surface area contributed by atoms with E-state index in [9.17, 15) is 4.79 Å². The van der Waals surface area contributed by atoms with Crippen LogP contribution < -0.4 is 5.73 Å². The van der Waals surface area contributed by atoms with E-state index in [1.54, 1.807) is 18.2 Å². The van der Waals surface area contributed by atoms with Gasteiger partial charge in [-0.15, -0.1) is 0 Å². The van der Waals surface area contributed by atoms with Gasteiger partial charge < -0.3 is 5.73 Å². The minimum Gasteiger partial charge on any atom is -0.390 e. The largest absolute Gasteiger partial charge is 0.390 e. The van der Waals surface area contributed by atoms with Gasteiger partial charge in [-0.2, -0.15) is 0 Å². The van der Waals surface area contributed by atoms with Crippen LogP contribution >= 0.6 is 0 Å². The highest BCUT2D eigenvalue weighted by atomic mass is 16.1. The Morgan fingerprint density at radius 2 is 2.29 bits per heavy atom. The third-order valence-corrected chi connectivity index (χ3v) is 1.87. The van der Waals surface area contributed by atoms with Crippen LogP contribution in [0.1, 0.15) is 22.8 Å². The molecule has 0 fully saturated rings. The minimum absolute atomic E-state index is 0.0331. The average molecular weight is 188 g/mol. The zero-order valence-electron chi connectivity index (χ0n) is 8.03. The van der Waals surface area contributed by atoms with Gasteiger partial charge in [0.05, 0.1) is 12.0 Å². The van der Waals surface area contributed by atoms with Crippen molar-refractivity contribution in [2.24, 2.45) is 10.7 Å². The Labute approximate surface area is 83.0 Å². The molecule has 0 aliphatic rings. The zero-order chi connectivity index (χ0) is 10.6. The molecule has 1 rings (SSSR count). The van der Waals surface area contributed by atoms with Crippen LogP contribution in [0.15, 0.2) is 29.8 Å². The molecule has 14 heavy (non-hydrogen) atoms. The molecule has 0 bridgehead atoms. The van der Waals surface area contributed by atoms with Crippen LogP contribution in [-0.2, 0) is 0 Å². The molecular formula is C11H12N2O. The molecule has 0 radical (unpaired) electrons. The number of benzene rings is 1. The Bertz CT molecular complexity index is 394. The van der Waals surface area contributed by atoms with Crippen molar-refractivity contribution in [3.63, 3.8) is 0 Å². The fourth-order valence-corrected chi connectivity index (χ4v) is 1.23. The van der Waals surface area contributed by atoms with Gasteiger partial charge >= 0.3 is 0 Å². The van der Waals surface area contributed by atoms with Crippen molar-refractivity contribution in [1.29, 1.82) is 0 Å². The molecule has 0 aliphatic heterocycles. The highest BCUT2D eigenvalue weighted by Gasteiger charge is 2.08. The summed E-state index contributed by atoms with van der Waals surface area (Å²) in [5.74, 6) is -0.0331. The molecule has 0 unspecified atom stereocenters. The molecule has 0 amide bonds. The van der Waals surface area contributed by atoms with Crippen molar-refractivity contribution in [2.75, 3.05) is 0 Å². The normalized spacial score (nSPS) is 10.4. The van der Waals surface area contributed by atoms with Crippen LogP contribution in [0.4, 0.5) is 5.69 Å². The van der Waals surface area contributed by atoms with Crippen molar-refractivity contribution < 1.29 is 4.79 Å². The van der Waals surface area contributed by atoms with Gasteiger partial charge in [0.15, 0.2) is 5.78 Å². The number of ketones is 1. The third kappa shape index (κ3) is 1.88. The molecule has 0 aromatic heterocycles. The lowest BCUT2D eigenvalue weighted by molar-refractivity contribution is 0.101. The molecule has 0 saturated heterocycles. The molecule has 72 valence electrons. The molecule has 0 saturated carbocycles. The number of rotatable bonds is 3. The van der Waals surface area contributed by atoms with E-state index in [0.29, 0.717) is 11.3 Å². The monoisotopic (exact) mass is 188 g/mol. The second kappa shape index (κ2) is 4.37. The summed E-state index contributed by atoms with van der Waals surface area (Å²) < 4.78 is 0. The Morgan fingerprint density at radius 1 is 1.57 bits per heavy atom. The van der Waals surface area contributed by atoms with Crippen LogP contribution in [0.3, 0.4) is 0 Å². The number of Topliss-reactive ketones (excluding diaryl/α,β-unsaturated/α-hetero) is 1. The summed E-state index contributed by atoms with van der Waals surface area (Å²) in [4.78, 5) is 15.2. The van der Waals surface area contributed by atoms with Crippen molar-refractivity contribution in [1.82, 2.24) is 0 Å². The molecule has 2 N–H and O–H groups in total. The molecule has 0 heterocycles. The molecule has 0 spiro atoms. The molecule has 1 aromatic carbocycles. The molecule has 0 atom stereocenters. The summed E-state index contributed by atoms with van der Waals surface area (Å²) in [5, 5.41) is 0. The maximum Gasteiger partial charge on any atom is 0.161 e. The Morgan fingerprint density at radius 3 is 2.79 bits per heavy atom. The van der Waals surface area contributed by atoms with Crippen LogP contribution in [-0.4, -0.2) is 12.1 Å². The van der Waals surface area contributed by atoms with Crippen LogP contribution in [0.2, 0.25) is 0 Å². The van der Waals surface area contributed by atoms with Gasteiger partial charge in [-0.1, -0.05) is 24.8 Å². The van der Waals surface area contributed by atoms with Gasteiger partial charge in [0.2, 0.25) is 0 Å². The number of para-hydroxylation sites is 1. The van der Waals surface area contributed by atoms with Crippen molar-refractivity contribution in [2.45, 2.75) is 6.92 Å². The van der Waals surface area contributed by atoms with E-state index in [2.05, 4.69) is 11.6 Å². The summed E-state index contributed by atoms with van der Waals surface area (Å²) in [7, 11) is 0. The van der Waals surface area contributed by atoms with E-state index in [-0.39, 0.29) is 5.78 Å². The van der Waals surface area contributed by atoms with Crippen molar-refractivity contribution >= 4 is 23.9 Å². The predicted molar refractivity (Wildman–Crippen MR) is 58.9 cm³/mol. The van der Waals surface area contributed by atoms with Gasteiger partial charge in [-0.3, -0.25) is 4.79 Å². The van der Waals surface area contributed by atoms with Gasteiger partial charge in [0, 0.05) is 11.1 Å². The standard InChI is InChI=1S/C11H12N2O/c1-3-9-5-4-6-10(8(2)14)11(9)13-7-12/h3-7H,1H2,2H3,(H2,12,13). The van der Waals surface area contributed by atoms with Crippen LogP contribution in [0, 0.1) is 0 Å².